The number of aromatic nitrogens is 2. The van der Waals surface area contributed by atoms with Gasteiger partial charge in [-0.05, 0) is 12.1 Å². The Morgan fingerprint density at radius 3 is 2.74 bits per heavy atom. The number of ether oxygens (including phenoxy) is 1. The second-order valence-corrected chi connectivity index (χ2v) is 4.04. The van der Waals surface area contributed by atoms with Crippen LogP contribution in [0.2, 0.25) is 0 Å². The zero-order valence-electron chi connectivity index (χ0n) is 9.98. The third kappa shape index (κ3) is 2.08. The molecule has 0 amide bonds. The van der Waals surface area contributed by atoms with Crippen LogP contribution in [0.4, 0.5) is 11.6 Å². The van der Waals surface area contributed by atoms with Gasteiger partial charge in [0.15, 0.2) is 0 Å². The fourth-order valence-electron chi connectivity index (χ4n) is 1.95. The molecule has 6 nitrogen and oxygen atoms in total. The second-order valence-electron chi connectivity index (χ2n) is 4.04. The number of fused-ring (bicyclic) bond motifs is 1. The molecule has 0 unspecified atom stereocenters. The van der Waals surface area contributed by atoms with Crippen molar-refractivity contribution >= 4 is 17.6 Å². The first kappa shape index (κ1) is 11.5. The van der Waals surface area contributed by atoms with Gasteiger partial charge in [0.05, 0.1) is 17.8 Å². The van der Waals surface area contributed by atoms with Gasteiger partial charge in [0.2, 0.25) is 5.95 Å². The molecule has 3 rings (SSSR count). The average Bonchev–Trinajstić information content (AvgIpc) is 2.47. The summed E-state index contributed by atoms with van der Waals surface area (Å²) in [5.74, 6) is 0.217. The van der Waals surface area contributed by atoms with Crippen molar-refractivity contribution in [2.75, 3.05) is 18.1 Å². The summed E-state index contributed by atoms with van der Waals surface area (Å²) in [6, 6.07) is 7.61. The van der Waals surface area contributed by atoms with Crippen LogP contribution in [0, 0.1) is 0 Å². The Morgan fingerprint density at radius 1 is 1.26 bits per heavy atom. The largest absolute Gasteiger partial charge is 0.490 e. The number of benzene rings is 1. The standard InChI is InChI=1S/C13H11N3O3/c17-12(18)9-7-14-13(15-8-9)16-5-6-19-11-4-2-1-3-10(11)16/h1-4,7-8H,5-6H2,(H,17,18). The average molecular weight is 257 g/mol. The van der Waals surface area contributed by atoms with Crippen molar-refractivity contribution in [1.82, 2.24) is 9.97 Å². The summed E-state index contributed by atoms with van der Waals surface area (Å²) in [4.78, 5) is 20.9. The Hall–Kier alpha value is -2.63. The first-order chi connectivity index (χ1) is 9.25. The molecule has 19 heavy (non-hydrogen) atoms. The van der Waals surface area contributed by atoms with Crippen molar-refractivity contribution in [2.24, 2.45) is 0 Å². The zero-order valence-corrected chi connectivity index (χ0v) is 9.98. The van der Waals surface area contributed by atoms with Gasteiger partial charge in [-0.15, -0.1) is 0 Å². The van der Waals surface area contributed by atoms with Crippen LogP contribution in [0.25, 0.3) is 0 Å². The minimum absolute atomic E-state index is 0.0743. The Kier molecular flexibility index (Phi) is 2.75. The van der Waals surface area contributed by atoms with Crippen LogP contribution in [-0.4, -0.2) is 34.2 Å². The lowest BCUT2D eigenvalue weighted by molar-refractivity contribution is 0.0696. The number of carbonyl (C=O) groups is 1. The maximum atomic E-state index is 10.8. The molecule has 0 saturated carbocycles. The molecule has 2 heterocycles. The molecule has 1 aliphatic rings. The predicted octanol–water partition coefficient (Wildman–Crippen LogP) is 1.71. The molecule has 1 aromatic heterocycles. The van der Waals surface area contributed by atoms with Crippen LogP contribution in [0.3, 0.4) is 0 Å². The number of rotatable bonds is 2. The number of anilines is 2. The lowest BCUT2D eigenvalue weighted by Gasteiger charge is -2.29. The summed E-state index contributed by atoms with van der Waals surface area (Å²) in [5.41, 5.74) is 0.960. The van der Waals surface area contributed by atoms with Gasteiger partial charge in [-0.2, -0.15) is 0 Å². The SMILES string of the molecule is O=C(O)c1cnc(N2CCOc3ccccc32)nc1. The van der Waals surface area contributed by atoms with Gasteiger partial charge < -0.3 is 14.7 Å². The minimum Gasteiger partial charge on any atom is -0.490 e. The molecule has 0 radical (unpaired) electrons. The zero-order chi connectivity index (χ0) is 13.2. The van der Waals surface area contributed by atoms with E-state index in [1.807, 2.05) is 29.2 Å². The van der Waals surface area contributed by atoms with E-state index in [4.69, 9.17) is 9.84 Å². The molecule has 2 aromatic rings. The third-order valence-corrected chi connectivity index (χ3v) is 2.86. The van der Waals surface area contributed by atoms with Gasteiger partial charge in [-0.25, -0.2) is 14.8 Å². The molecule has 0 atom stereocenters. The van der Waals surface area contributed by atoms with Gasteiger partial charge in [0.25, 0.3) is 0 Å². The van der Waals surface area contributed by atoms with Crippen LogP contribution >= 0.6 is 0 Å². The monoisotopic (exact) mass is 257 g/mol. The fraction of sp³-hybridized carbons (Fsp3) is 0.154. The molecular weight excluding hydrogens is 246 g/mol. The van der Waals surface area contributed by atoms with E-state index < -0.39 is 5.97 Å². The van der Waals surface area contributed by atoms with Gasteiger partial charge in [-0.1, -0.05) is 12.1 Å². The normalized spacial score (nSPS) is 13.6. The summed E-state index contributed by atoms with van der Waals surface area (Å²) in [6.45, 7) is 1.17. The van der Waals surface area contributed by atoms with E-state index in [0.717, 1.165) is 11.4 Å². The lowest BCUT2D eigenvalue weighted by atomic mass is 10.2. The number of carboxylic acid groups (broad SMARTS) is 1. The van der Waals surface area contributed by atoms with Gasteiger partial charge in [-0.3, -0.25) is 0 Å². The first-order valence-electron chi connectivity index (χ1n) is 5.80. The van der Waals surface area contributed by atoms with Crippen molar-refractivity contribution in [3.63, 3.8) is 0 Å². The van der Waals surface area contributed by atoms with Crippen molar-refractivity contribution in [1.29, 1.82) is 0 Å². The maximum absolute atomic E-state index is 10.8. The number of hydrogen-bond donors (Lipinski definition) is 1. The molecule has 6 heteroatoms. The lowest BCUT2D eigenvalue weighted by Crippen LogP contribution is -2.29. The predicted molar refractivity (Wildman–Crippen MR) is 67.9 cm³/mol. The van der Waals surface area contributed by atoms with Crippen LogP contribution < -0.4 is 9.64 Å². The quantitative estimate of drug-likeness (QED) is 0.882. The molecule has 0 fully saturated rings. The first-order valence-corrected chi connectivity index (χ1v) is 5.80. The summed E-state index contributed by atoms with van der Waals surface area (Å²) in [5, 5.41) is 8.83. The number of aromatic carboxylic acids is 1. The van der Waals surface area contributed by atoms with Gasteiger partial charge >= 0.3 is 5.97 Å². The molecular formula is C13H11N3O3. The van der Waals surface area contributed by atoms with E-state index in [-0.39, 0.29) is 5.56 Å². The highest BCUT2D eigenvalue weighted by atomic mass is 16.5. The Balaban J connectivity index is 1.97. The van der Waals surface area contributed by atoms with Gasteiger partial charge in [0, 0.05) is 12.4 Å². The van der Waals surface area contributed by atoms with Crippen LogP contribution in [0.5, 0.6) is 5.75 Å². The highest BCUT2D eigenvalue weighted by molar-refractivity contribution is 5.86. The van der Waals surface area contributed by atoms with E-state index in [1.165, 1.54) is 12.4 Å². The van der Waals surface area contributed by atoms with Crippen molar-refractivity contribution in [3.05, 3.63) is 42.2 Å². The molecule has 0 spiro atoms. The number of nitrogens with zero attached hydrogens (tertiary/aromatic N) is 3. The third-order valence-electron chi connectivity index (χ3n) is 2.86. The summed E-state index contributed by atoms with van der Waals surface area (Å²) >= 11 is 0. The van der Waals surface area contributed by atoms with Crippen molar-refractivity contribution in [3.8, 4) is 5.75 Å². The molecule has 96 valence electrons. The van der Waals surface area contributed by atoms with E-state index in [0.29, 0.717) is 19.1 Å². The molecule has 1 aliphatic heterocycles. The van der Waals surface area contributed by atoms with Crippen LogP contribution in [0.1, 0.15) is 10.4 Å². The van der Waals surface area contributed by atoms with Crippen molar-refractivity contribution in [2.45, 2.75) is 0 Å². The Morgan fingerprint density at radius 2 is 2.00 bits per heavy atom. The van der Waals surface area contributed by atoms with E-state index >= 15 is 0 Å². The topological polar surface area (TPSA) is 75.5 Å². The second kappa shape index (κ2) is 4.56. The minimum atomic E-state index is -1.03. The molecule has 0 bridgehead atoms. The molecule has 0 aliphatic carbocycles. The van der Waals surface area contributed by atoms with E-state index in [9.17, 15) is 4.79 Å². The van der Waals surface area contributed by atoms with E-state index in [2.05, 4.69) is 9.97 Å². The summed E-state index contributed by atoms with van der Waals surface area (Å²) in [7, 11) is 0. The molecule has 1 N–H and O–H groups in total. The highest BCUT2D eigenvalue weighted by Gasteiger charge is 2.21. The number of carboxylic acids is 1. The Bertz CT molecular complexity index is 613. The summed E-state index contributed by atoms with van der Waals surface area (Å²) < 4.78 is 5.55. The fourth-order valence-corrected chi connectivity index (χ4v) is 1.95. The summed E-state index contributed by atoms with van der Waals surface area (Å²) in [6.07, 6.45) is 2.62. The Labute approximate surface area is 109 Å². The smallest absolute Gasteiger partial charge is 0.338 e. The maximum Gasteiger partial charge on any atom is 0.338 e. The van der Waals surface area contributed by atoms with E-state index in [1.54, 1.807) is 0 Å². The molecule has 1 aromatic carbocycles. The number of para-hydroxylation sites is 2. The van der Waals surface area contributed by atoms with Crippen molar-refractivity contribution < 1.29 is 14.6 Å². The van der Waals surface area contributed by atoms with Gasteiger partial charge in [0.1, 0.15) is 12.4 Å². The van der Waals surface area contributed by atoms with Crippen LogP contribution in [0.15, 0.2) is 36.7 Å². The number of hydrogen-bond acceptors (Lipinski definition) is 5. The van der Waals surface area contributed by atoms with Crippen LogP contribution in [-0.2, 0) is 0 Å². The highest BCUT2D eigenvalue weighted by Crippen LogP contribution is 2.34. The molecule has 0 saturated heterocycles.